The van der Waals surface area contributed by atoms with Crippen molar-refractivity contribution in [1.82, 2.24) is 10.1 Å². The molecule has 1 atom stereocenters. The zero-order valence-electron chi connectivity index (χ0n) is 11.8. The lowest BCUT2D eigenvalue weighted by atomic mass is 10.1. The number of carbonyl (C=O) groups is 2. The van der Waals surface area contributed by atoms with Crippen LogP contribution in [0.3, 0.4) is 0 Å². The van der Waals surface area contributed by atoms with Gasteiger partial charge in [0.25, 0.3) is 5.91 Å². The van der Waals surface area contributed by atoms with Crippen molar-refractivity contribution in [3.8, 4) is 0 Å². The highest BCUT2D eigenvalue weighted by atomic mass is 16.5. The smallest absolute Gasteiger partial charge is 0.308 e. The van der Waals surface area contributed by atoms with Crippen LogP contribution in [-0.2, 0) is 14.3 Å². The lowest BCUT2D eigenvalue weighted by Crippen LogP contribution is -2.46. The summed E-state index contributed by atoms with van der Waals surface area (Å²) in [6.45, 7) is 4.69. The van der Waals surface area contributed by atoms with E-state index >= 15 is 0 Å². The van der Waals surface area contributed by atoms with E-state index in [2.05, 4.69) is 9.89 Å². The molecule has 1 unspecified atom stereocenters. The molecule has 1 amide bonds. The number of methoxy groups -OCH3 is 1. The maximum absolute atomic E-state index is 12.5. The van der Waals surface area contributed by atoms with Crippen molar-refractivity contribution in [2.75, 3.05) is 26.8 Å². The maximum atomic E-state index is 12.5. The second kappa shape index (κ2) is 6.04. The van der Waals surface area contributed by atoms with Gasteiger partial charge >= 0.3 is 5.97 Å². The zero-order chi connectivity index (χ0) is 14.7. The van der Waals surface area contributed by atoms with Crippen molar-refractivity contribution in [2.24, 2.45) is 0 Å². The Morgan fingerprint density at radius 1 is 1.45 bits per heavy atom. The fourth-order valence-corrected chi connectivity index (χ4v) is 2.24. The molecule has 1 aromatic rings. The van der Waals surface area contributed by atoms with Crippen molar-refractivity contribution in [1.29, 1.82) is 0 Å². The Morgan fingerprint density at radius 2 is 2.20 bits per heavy atom. The number of aromatic nitrogens is 1. The van der Waals surface area contributed by atoms with Gasteiger partial charge in [0.05, 0.1) is 31.9 Å². The fraction of sp³-hybridized carbons (Fsp3) is 0.615. The van der Waals surface area contributed by atoms with Crippen molar-refractivity contribution < 1.29 is 23.6 Å². The standard InChI is InChI=1S/C13H18N2O5/c1-8-12(9(2)20-14-8)13(17)15-4-5-19-10(7-15)6-11(16)18-3/h10H,4-7H2,1-3H3. The molecule has 110 valence electrons. The molecule has 0 saturated carbocycles. The lowest BCUT2D eigenvalue weighted by Gasteiger charge is -2.32. The summed E-state index contributed by atoms with van der Waals surface area (Å²) in [6.07, 6.45) is -0.192. The first-order chi connectivity index (χ1) is 9.52. The van der Waals surface area contributed by atoms with Gasteiger partial charge in [-0.1, -0.05) is 5.16 Å². The molecular weight excluding hydrogens is 264 g/mol. The molecule has 1 aromatic heterocycles. The second-order valence-electron chi connectivity index (χ2n) is 4.72. The molecule has 7 heteroatoms. The van der Waals surface area contributed by atoms with Crippen LogP contribution in [-0.4, -0.2) is 54.8 Å². The fourth-order valence-electron chi connectivity index (χ4n) is 2.24. The summed E-state index contributed by atoms with van der Waals surface area (Å²) in [7, 11) is 1.33. The van der Waals surface area contributed by atoms with Gasteiger partial charge in [-0.2, -0.15) is 0 Å². The number of amides is 1. The molecule has 0 aliphatic carbocycles. The lowest BCUT2D eigenvalue weighted by molar-refractivity contribution is -0.145. The number of hydrogen-bond donors (Lipinski definition) is 0. The van der Waals surface area contributed by atoms with Gasteiger partial charge in [-0.25, -0.2) is 0 Å². The molecule has 0 N–H and O–H groups in total. The molecule has 2 heterocycles. The van der Waals surface area contributed by atoms with Crippen molar-refractivity contribution in [2.45, 2.75) is 26.4 Å². The minimum Gasteiger partial charge on any atom is -0.469 e. The summed E-state index contributed by atoms with van der Waals surface area (Å²) in [6, 6.07) is 0. The normalized spacial score (nSPS) is 18.9. The summed E-state index contributed by atoms with van der Waals surface area (Å²) < 4.78 is 15.1. The van der Waals surface area contributed by atoms with Crippen LogP contribution in [0, 0.1) is 13.8 Å². The van der Waals surface area contributed by atoms with Crippen molar-refractivity contribution >= 4 is 11.9 Å². The highest BCUT2D eigenvalue weighted by Gasteiger charge is 2.29. The number of esters is 1. The summed E-state index contributed by atoms with van der Waals surface area (Å²) >= 11 is 0. The molecule has 7 nitrogen and oxygen atoms in total. The molecule has 0 bridgehead atoms. The monoisotopic (exact) mass is 282 g/mol. The van der Waals surface area contributed by atoms with Crippen LogP contribution in [0.1, 0.15) is 28.2 Å². The third kappa shape index (κ3) is 2.98. The highest BCUT2D eigenvalue weighted by molar-refractivity contribution is 5.96. The van der Waals surface area contributed by atoms with E-state index in [-0.39, 0.29) is 24.4 Å². The van der Waals surface area contributed by atoms with Gasteiger partial charge in [-0.3, -0.25) is 9.59 Å². The van der Waals surface area contributed by atoms with Gasteiger partial charge in [-0.05, 0) is 13.8 Å². The van der Waals surface area contributed by atoms with E-state index in [1.807, 2.05) is 0 Å². The Hall–Kier alpha value is -1.89. The average Bonchev–Trinajstić information content (AvgIpc) is 2.77. The number of rotatable bonds is 3. The van der Waals surface area contributed by atoms with Crippen molar-refractivity contribution in [3.05, 3.63) is 17.0 Å². The molecule has 0 spiro atoms. The number of morpholine rings is 1. The minimum atomic E-state index is -0.346. The molecule has 1 saturated heterocycles. The molecule has 1 fully saturated rings. The van der Waals surface area contributed by atoms with Crippen LogP contribution >= 0.6 is 0 Å². The largest absolute Gasteiger partial charge is 0.469 e. The SMILES string of the molecule is COC(=O)CC1CN(C(=O)c2c(C)noc2C)CCO1. The van der Waals surface area contributed by atoms with Crippen LogP contribution in [0.25, 0.3) is 0 Å². The summed E-state index contributed by atoms with van der Waals surface area (Å²) in [5, 5.41) is 3.78. The highest BCUT2D eigenvalue weighted by Crippen LogP contribution is 2.18. The molecule has 0 aromatic carbocycles. The first kappa shape index (κ1) is 14.5. The third-order valence-electron chi connectivity index (χ3n) is 3.30. The summed E-state index contributed by atoms with van der Waals surface area (Å²) in [4.78, 5) is 25.4. The van der Waals surface area contributed by atoms with Gasteiger partial charge in [-0.15, -0.1) is 0 Å². The Balaban J connectivity index is 2.05. The first-order valence-corrected chi connectivity index (χ1v) is 6.43. The Kier molecular flexibility index (Phi) is 4.39. The van der Waals surface area contributed by atoms with E-state index in [9.17, 15) is 9.59 Å². The Labute approximate surface area is 116 Å². The van der Waals surface area contributed by atoms with Crippen molar-refractivity contribution in [3.63, 3.8) is 0 Å². The molecule has 2 rings (SSSR count). The van der Waals surface area contributed by atoms with E-state index in [4.69, 9.17) is 9.26 Å². The van der Waals surface area contributed by atoms with E-state index < -0.39 is 0 Å². The van der Waals surface area contributed by atoms with E-state index in [0.717, 1.165) is 0 Å². The zero-order valence-corrected chi connectivity index (χ0v) is 11.8. The Bertz CT molecular complexity index is 491. The van der Waals surface area contributed by atoms with Crippen LogP contribution in [0.5, 0.6) is 0 Å². The molecule has 0 radical (unpaired) electrons. The molecular formula is C13H18N2O5. The van der Waals surface area contributed by atoms with Crippen LogP contribution in [0.2, 0.25) is 0 Å². The number of nitrogens with zero attached hydrogens (tertiary/aromatic N) is 2. The number of ether oxygens (including phenoxy) is 2. The van der Waals surface area contributed by atoms with Gasteiger partial charge in [0, 0.05) is 13.1 Å². The second-order valence-corrected chi connectivity index (χ2v) is 4.72. The molecule has 20 heavy (non-hydrogen) atoms. The minimum absolute atomic E-state index is 0.139. The van der Waals surface area contributed by atoms with Gasteiger partial charge in [0.15, 0.2) is 0 Å². The van der Waals surface area contributed by atoms with Crippen LogP contribution < -0.4 is 0 Å². The summed E-state index contributed by atoms with van der Waals surface area (Å²) in [5.41, 5.74) is 1.06. The topological polar surface area (TPSA) is 81.9 Å². The third-order valence-corrected chi connectivity index (χ3v) is 3.30. The number of aryl methyl sites for hydroxylation is 2. The first-order valence-electron chi connectivity index (χ1n) is 6.43. The average molecular weight is 282 g/mol. The predicted octanol–water partition coefficient (Wildman–Crippen LogP) is 0.696. The predicted molar refractivity (Wildman–Crippen MR) is 68.3 cm³/mol. The van der Waals surface area contributed by atoms with Gasteiger partial charge in [0.1, 0.15) is 11.3 Å². The quantitative estimate of drug-likeness (QED) is 0.759. The molecule has 1 aliphatic rings. The molecule has 1 aliphatic heterocycles. The van der Waals surface area contributed by atoms with E-state index in [1.165, 1.54) is 7.11 Å². The van der Waals surface area contributed by atoms with Crippen LogP contribution in [0.15, 0.2) is 4.52 Å². The van der Waals surface area contributed by atoms with E-state index in [0.29, 0.717) is 36.7 Å². The Morgan fingerprint density at radius 3 is 2.80 bits per heavy atom. The number of carbonyl (C=O) groups excluding carboxylic acids is 2. The number of hydrogen-bond acceptors (Lipinski definition) is 6. The maximum Gasteiger partial charge on any atom is 0.308 e. The van der Waals surface area contributed by atoms with Gasteiger partial charge < -0.3 is 18.9 Å². The van der Waals surface area contributed by atoms with Gasteiger partial charge in [0.2, 0.25) is 0 Å². The van der Waals surface area contributed by atoms with Crippen LogP contribution in [0.4, 0.5) is 0 Å². The summed E-state index contributed by atoms with van der Waals surface area (Å²) in [5.74, 6) is 0.0181. The van der Waals surface area contributed by atoms with E-state index in [1.54, 1.807) is 18.7 Å².